The summed E-state index contributed by atoms with van der Waals surface area (Å²) in [6.07, 6.45) is 0. The van der Waals surface area contributed by atoms with Crippen LogP contribution in [0.15, 0.2) is 24.3 Å². The molecule has 4 heteroatoms. The number of carbonyl (C=O) groups excluding carboxylic acids is 1. The fourth-order valence-electron chi connectivity index (χ4n) is 1.54. The molecular formula is C10H13N3O. The van der Waals surface area contributed by atoms with E-state index in [1.54, 1.807) is 29.0 Å². The first-order valence-corrected chi connectivity index (χ1v) is 4.56. The smallest absolute Gasteiger partial charge is 0.324 e. The second-order valence-corrected chi connectivity index (χ2v) is 3.45. The lowest BCUT2D eigenvalue weighted by Gasteiger charge is -2.15. The molecule has 2 rings (SSSR count). The van der Waals surface area contributed by atoms with Gasteiger partial charge in [0.05, 0.1) is 0 Å². The number of hydrogen-bond acceptors (Lipinski definition) is 2. The van der Waals surface area contributed by atoms with E-state index in [1.807, 2.05) is 12.1 Å². The van der Waals surface area contributed by atoms with Gasteiger partial charge < -0.3 is 10.6 Å². The predicted molar refractivity (Wildman–Crippen MR) is 56.2 cm³/mol. The Hall–Kier alpha value is -1.71. The fourth-order valence-corrected chi connectivity index (χ4v) is 1.54. The molecule has 0 aromatic heterocycles. The summed E-state index contributed by atoms with van der Waals surface area (Å²) in [6.45, 7) is 1.53. The van der Waals surface area contributed by atoms with E-state index in [0.717, 1.165) is 18.8 Å². The number of nitrogens with two attached hydrogens (primary N) is 1. The van der Waals surface area contributed by atoms with Gasteiger partial charge in [0, 0.05) is 31.5 Å². The van der Waals surface area contributed by atoms with Gasteiger partial charge in [-0.25, -0.2) is 4.79 Å². The molecule has 0 atom stereocenters. The largest absolute Gasteiger partial charge is 0.399 e. The van der Waals surface area contributed by atoms with E-state index in [1.165, 1.54) is 0 Å². The van der Waals surface area contributed by atoms with E-state index >= 15 is 0 Å². The number of likely N-dealkylation sites (N-methyl/N-ethyl adjacent to an activating group) is 1. The molecule has 0 aliphatic carbocycles. The molecule has 1 saturated heterocycles. The van der Waals surface area contributed by atoms with Crippen molar-refractivity contribution in [1.29, 1.82) is 0 Å². The number of anilines is 2. The van der Waals surface area contributed by atoms with Gasteiger partial charge in [-0.05, 0) is 24.3 Å². The fraction of sp³-hybridized carbons (Fsp3) is 0.300. The molecule has 1 aromatic rings. The number of benzene rings is 1. The summed E-state index contributed by atoms with van der Waals surface area (Å²) >= 11 is 0. The number of nitrogen functional groups attached to an aromatic ring is 1. The van der Waals surface area contributed by atoms with E-state index in [9.17, 15) is 4.79 Å². The molecule has 0 unspecified atom stereocenters. The zero-order valence-electron chi connectivity index (χ0n) is 8.10. The number of amides is 2. The molecule has 1 aromatic carbocycles. The van der Waals surface area contributed by atoms with Crippen molar-refractivity contribution in [3.63, 3.8) is 0 Å². The van der Waals surface area contributed by atoms with Crippen LogP contribution >= 0.6 is 0 Å². The van der Waals surface area contributed by atoms with Crippen molar-refractivity contribution in [3.8, 4) is 0 Å². The lowest BCUT2D eigenvalue weighted by Crippen LogP contribution is -2.29. The summed E-state index contributed by atoms with van der Waals surface area (Å²) in [5.41, 5.74) is 7.20. The highest BCUT2D eigenvalue weighted by Crippen LogP contribution is 2.20. The van der Waals surface area contributed by atoms with Gasteiger partial charge in [0.15, 0.2) is 0 Å². The Balaban J connectivity index is 2.24. The Bertz CT molecular complexity index is 347. The molecule has 14 heavy (non-hydrogen) atoms. The van der Waals surface area contributed by atoms with Crippen LogP contribution in [0.4, 0.5) is 16.2 Å². The lowest BCUT2D eigenvalue weighted by atomic mass is 10.2. The number of rotatable bonds is 1. The molecule has 0 saturated carbocycles. The predicted octanol–water partition coefficient (Wildman–Crippen LogP) is 1.14. The van der Waals surface area contributed by atoms with E-state index in [-0.39, 0.29) is 6.03 Å². The highest BCUT2D eigenvalue weighted by Gasteiger charge is 2.26. The van der Waals surface area contributed by atoms with Crippen LogP contribution in [0.2, 0.25) is 0 Å². The van der Waals surface area contributed by atoms with E-state index in [2.05, 4.69) is 0 Å². The molecule has 1 fully saturated rings. The van der Waals surface area contributed by atoms with Crippen LogP contribution in [0, 0.1) is 0 Å². The second-order valence-electron chi connectivity index (χ2n) is 3.45. The third kappa shape index (κ3) is 1.39. The van der Waals surface area contributed by atoms with Crippen molar-refractivity contribution in [3.05, 3.63) is 24.3 Å². The zero-order valence-corrected chi connectivity index (χ0v) is 8.10. The van der Waals surface area contributed by atoms with E-state index in [0.29, 0.717) is 5.69 Å². The third-order valence-corrected chi connectivity index (χ3v) is 2.42. The van der Waals surface area contributed by atoms with Crippen LogP contribution in [0.25, 0.3) is 0 Å². The summed E-state index contributed by atoms with van der Waals surface area (Å²) in [6, 6.07) is 7.40. The van der Waals surface area contributed by atoms with Crippen LogP contribution in [0.1, 0.15) is 0 Å². The van der Waals surface area contributed by atoms with Crippen LogP contribution in [-0.2, 0) is 0 Å². The maximum atomic E-state index is 11.6. The Morgan fingerprint density at radius 3 is 2.36 bits per heavy atom. The second kappa shape index (κ2) is 3.21. The van der Waals surface area contributed by atoms with Gasteiger partial charge >= 0.3 is 6.03 Å². The lowest BCUT2D eigenvalue weighted by molar-refractivity contribution is 0.229. The minimum absolute atomic E-state index is 0.0507. The van der Waals surface area contributed by atoms with Gasteiger partial charge in [-0.3, -0.25) is 4.90 Å². The summed E-state index contributed by atoms with van der Waals surface area (Å²) < 4.78 is 0. The van der Waals surface area contributed by atoms with E-state index < -0.39 is 0 Å². The van der Waals surface area contributed by atoms with Crippen molar-refractivity contribution < 1.29 is 4.79 Å². The van der Waals surface area contributed by atoms with Gasteiger partial charge in [0.1, 0.15) is 0 Å². The Kier molecular flexibility index (Phi) is 2.04. The topological polar surface area (TPSA) is 49.6 Å². The highest BCUT2D eigenvalue weighted by molar-refractivity contribution is 5.94. The zero-order chi connectivity index (χ0) is 10.1. The van der Waals surface area contributed by atoms with Crippen LogP contribution in [-0.4, -0.2) is 31.1 Å². The van der Waals surface area contributed by atoms with Gasteiger partial charge in [-0.2, -0.15) is 0 Å². The van der Waals surface area contributed by atoms with Crippen molar-refractivity contribution >= 4 is 17.4 Å². The first-order valence-electron chi connectivity index (χ1n) is 4.56. The third-order valence-electron chi connectivity index (χ3n) is 2.42. The Morgan fingerprint density at radius 2 is 1.86 bits per heavy atom. The maximum Gasteiger partial charge on any atom is 0.324 e. The monoisotopic (exact) mass is 191 g/mol. The van der Waals surface area contributed by atoms with Crippen LogP contribution < -0.4 is 10.6 Å². The van der Waals surface area contributed by atoms with E-state index in [4.69, 9.17) is 5.73 Å². The minimum atomic E-state index is 0.0507. The number of nitrogens with zero attached hydrogens (tertiary/aromatic N) is 2. The molecule has 4 nitrogen and oxygen atoms in total. The molecule has 2 N–H and O–H groups in total. The normalized spacial score (nSPS) is 16.5. The average molecular weight is 191 g/mol. The number of carbonyl (C=O) groups is 1. The minimum Gasteiger partial charge on any atom is -0.399 e. The molecule has 1 aliphatic rings. The van der Waals surface area contributed by atoms with Gasteiger partial charge in [0.2, 0.25) is 0 Å². The molecule has 1 aliphatic heterocycles. The molecule has 0 radical (unpaired) electrons. The molecule has 2 amide bonds. The van der Waals surface area contributed by atoms with Crippen LogP contribution in [0.3, 0.4) is 0 Å². The van der Waals surface area contributed by atoms with Crippen molar-refractivity contribution in [2.75, 3.05) is 30.8 Å². The standard InChI is InChI=1S/C10H13N3O/c1-12-6-7-13(10(12)14)9-4-2-8(11)3-5-9/h2-5H,6-7,11H2,1H3. The van der Waals surface area contributed by atoms with Crippen molar-refractivity contribution in [2.24, 2.45) is 0 Å². The quantitative estimate of drug-likeness (QED) is 0.677. The summed E-state index contributed by atoms with van der Waals surface area (Å²) in [5.74, 6) is 0. The van der Waals surface area contributed by atoms with Gasteiger partial charge in [0.25, 0.3) is 0 Å². The summed E-state index contributed by atoms with van der Waals surface area (Å²) in [4.78, 5) is 15.1. The molecule has 0 spiro atoms. The molecule has 0 bridgehead atoms. The highest BCUT2D eigenvalue weighted by atomic mass is 16.2. The maximum absolute atomic E-state index is 11.6. The number of hydrogen-bond donors (Lipinski definition) is 1. The Labute approximate surface area is 82.9 Å². The molecule has 1 heterocycles. The first-order chi connectivity index (χ1) is 6.68. The van der Waals surface area contributed by atoms with Crippen molar-refractivity contribution in [2.45, 2.75) is 0 Å². The summed E-state index contributed by atoms with van der Waals surface area (Å²) in [7, 11) is 1.81. The average Bonchev–Trinajstić information content (AvgIpc) is 2.50. The van der Waals surface area contributed by atoms with Gasteiger partial charge in [-0.1, -0.05) is 0 Å². The number of urea groups is 1. The first kappa shape index (κ1) is 8.87. The molecular weight excluding hydrogens is 178 g/mol. The summed E-state index contributed by atoms with van der Waals surface area (Å²) in [5, 5.41) is 0. The Morgan fingerprint density at radius 1 is 1.21 bits per heavy atom. The SMILES string of the molecule is CN1CCN(c2ccc(N)cc2)C1=O. The van der Waals surface area contributed by atoms with Crippen molar-refractivity contribution in [1.82, 2.24) is 4.90 Å². The van der Waals surface area contributed by atoms with Crippen LogP contribution in [0.5, 0.6) is 0 Å². The molecule has 74 valence electrons. The van der Waals surface area contributed by atoms with Gasteiger partial charge in [-0.15, -0.1) is 0 Å².